The zero-order chi connectivity index (χ0) is 19.5. The molecule has 0 saturated carbocycles. The van der Waals surface area contributed by atoms with E-state index >= 15 is 0 Å². The van der Waals surface area contributed by atoms with Gasteiger partial charge in [0.15, 0.2) is 0 Å². The van der Waals surface area contributed by atoms with Crippen molar-refractivity contribution in [2.45, 2.75) is 5.16 Å². The van der Waals surface area contributed by atoms with Crippen LogP contribution in [0.2, 0.25) is 0 Å². The van der Waals surface area contributed by atoms with E-state index in [1.54, 1.807) is 24.3 Å². The number of nitrogens with zero attached hydrogens (tertiary/aromatic N) is 4. The molecule has 2 aromatic rings. The molecule has 11 nitrogen and oxygen atoms in total. The quantitative estimate of drug-likeness (QED) is 0.554. The van der Waals surface area contributed by atoms with Crippen LogP contribution in [-0.4, -0.2) is 68.8 Å². The Kier molecular flexibility index (Phi) is 5.75. The highest BCUT2D eigenvalue weighted by Gasteiger charge is 2.25. The van der Waals surface area contributed by atoms with Crippen LogP contribution < -0.4 is 9.46 Å². The van der Waals surface area contributed by atoms with E-state index in [1.165, 1.54) is 21.2 Å². The van der Waals surface area contributed by atoms with Crippen molar-refractivity contribution in [3.8, 4) is 5.75 Å². The summed E-state index contributed by atoms with van der Waals surface area (Å²) in [5.74, 6) is 0.427. The van der Waals surface area contributed by atoms with E-state index in [0.29, 0.717) is 15.4 Å². The summed E-state index contributed by atoms with van der Waals surface area (Å²) in [7, 11) is -4.19. The fourth-order valence-electron chi connectivity index (χ4n) is 1.86. The number of hydrogen-bond donors (Lipinski definition) is 2. The van der Waals surface area contributed by atoms with Gasteiger partial charge in [-0.25, -0.2) is 18.1 Å². The lowest BCUT2D eigenvalue weighted by Crippen LogP contribution is -2.32. The number of sulfonamides is 1. The van der Waals surface area contributed by atoms with Crippen molar-refractivity contribution in [3.05, 3.63) is 36.2 Å². The minimum absolute atomic E-state index is 0.0358. The molecule has 0 aliphatic rings. The third-order valence-corrected chi connectivity index (χ3v) is 6.02. The average Bonchev–Trinajstić information content (AvgIpc) is 3.11. The Hall–Kier alpha value is -2.35. The Morgan fingerprint density at radius 2 is 1.92 bits per heavy atom. The van der Waals surface area contributed by atoms with Gasteiger partial charge in [0.2, 0.25) is 0 Å². The van der Waals surface area contributed by atoms with Gasteiger partial charge in [-0.15, -0.1) is 9.19 Å². The minimum atomic E-state index is -4.21. The summed E-state index contributed by atoms with van der Waals surface area (Å²) in [6.45, 7) is -0.350. The molecule has 1 aromatic heterocycles. The van der Waals surface area contributed by atoms with E-state index < -0.39 is 25.4 Å². The first-order valence-electron chi connectivity index (χ1n) is 7.14. The van der Waals surface area contributed by atoms with E-state index in [2.05, 4.69) is 14.8 Å². The minimum Gasteiger partial charge on any atom is -0.496 e. The van der Waals surface area contributed by atoms with Gasteiger partial charge in [0, 0.05) is 19.7 Å². The highest BCUT2D eigenvalue weighted by Crippen LogP contribution is 2.17. The van der Waals surface area contributed by atoms with Crippen molar-refractivity contribution in [1.82, 2.24) is 23.2 Å². The number of benzene rings is 1. The number of ether oxygens (including phenoxy) is 1. The summed E-state index contributed by atoms with van der Waals surface area (Å²) in [6, 6.07) is 6.68. The first-order chi connectivity index (χ1) is 12.1. The SMILES string of the molecule is COc1ccccc1C(=N)CNS(=O)(=O)c1ncn(S(=O)(=O)N(C)C)n1. The predicted octanol–water partition coefficient (Wildman–Crippen LogP) is -0.712. The predicted molar refractivity (Wildman–Crippen MR) is 93.0 cm³/mol. The number of para-hydroxylation sites is 1. The molecule has 0 aliphatic heterocycles. The van der Waals surface area contributed by atoms with Crippen LogP contribution in [0.4, 0.5) is 0 Å². The molecule has 2 N–H and O–H groups in total. The van der Waals surface area contributed by atoms with Gasteiger partial charge in [0.25, 0.3) is 15.2 Å². The molecule has 13 heteroatoms. The molecule has 26 heavy (non-hydrogen) atoms. The number of nitrogens with one attached hydrogen (secondary N) is 2. The molecule has 0 atom stereocenters. The second-order valence-electron chi connectivity index (χ2n) is 5.19. The molecule has 0 spiro atoms. The lowest BCUT2D eigenvalue weighted by molar-refractivity contribution is 0.414. The number of hydrogen-bond acceptors (Lipinski definition) is 8. The molecular weight excluding hydrogens is 384 g/mol. The molecule has 0 saturated heterocycles. The zero-order valence-electron chi connectivity index (χ0n) is 14.2. The highest BCUT2D eigenvalue weighted by atomic mass is 32.2. The molecule has 2 rings (SSSR count). The van der Waals surface area contributed by atoms with E-state index in [9.17, 15) is 16.8 Å². The Balaban J connectivity index is 2.17. The summed E-state index contributed by atoms with van der Waals surface area (Å²) in [6.07, 6.45) is 0.787. The maximum absolute atomic E-state index is 12.2. The molecule has 0 fully saturated rings. The van der Waals surface area contributed by atoms with E-state index in [0.717, 1.165) is 10.6 Å². The maximum atomic E-state index is 12.2. The number of methoxy groups -OCH3 is 1. The summed E-state index contributed by atoms with van der Waals surface area (Å²) >= 11 is 0. The molecule has 0 bridgehead atoms. The standard InChI is InChI=1S/C13H18N6O5S2/c1-18(2)26(22,23)19-9-15-13(17-19)25(20,21)16-8-11(14)10-6-4-5-7-12(10)24-3/h4-7,9,14,16H,8H2,1-3H3. The van der Waals surface area contributed by atoms with Crippen LogP contribution in [0.3, 0.4) is 0 Å². The topological polar surface area (TPSA) is 147 Å². The van der Waals surface area contributed by atoms with Crippen LogP contribution in [0.25, 0.3) is 0 Å². The van der Waals surface area contributed by atoms with Crippen LogP contribution in [0.5, 0.6) is 5.75 Å². The molecule has 0 amide bonds. The molecular formula is C13H18N6O5S2. The van der Waals surface area contributed by atoms with Gasteiger partial charge in [-0.1, -0.05) is 12.1 Å². The summed E-state index contributed by atoms with van der Waals surface area (Å²) in [5, 5.41) is 10.8. The number of aromatic nitrogens is 3. The molecule has 0 aliphatic carbocycles. The average molecular weight is 402 g/mol. The third kappa shape index (κ3) is 4.07. The fourth-order valence-corrected chi connectivity index (χ4v) is 3.44. The van der Waals surface area contributed by atoms with E-state index in [4.69, 9.17) is 10.1 Å². The fraction of sp³-hybridized carbons (Fsp3) is 0.308. The molecule has 0 unspecified atom stereocenters. The maximum Gasteiger partial charge on any atom is 0.323 e. The highest BCUT2D eigenvalue weighted by molar-refractivity contribution is 7.89. The second kappa shape index (κ2) is 7.49. The van der Waals surface area contributed by atoms with Crippen molar-refractivity contribution in [2.75, 3.05) is 27.7 Å². The lowest BCUT2D eigenvalue weighted by atomic mass is 10.1. The summed E-state index contributed by atoms with van der Waals surface area (Å²) in [5.41, 5.74) is 0.387. The third-order valence-electron chi connectivity index (χ3n) is 3.26. The van der Waals surface area contributed by atoms with Crippen molar-refractivity contribution in [1.29, 1.82) is 5.41 Å². The van der Waals surface area contributed by atoms with E-state index in [1.807, 2.05) is 0 Å². The Morgan fingerprint density at radius 1 is 1.27 bits per heavy atom. The van der Waals surface area contributed by atoms with Crippen LogP contribution in [-0.2, 0) is 20.2 Å². The molecule has 1 aromatic carbocycles. The monoisotopic (exact) mass is 402 g/mol. The van der Waals surface area contributed by atoms with Gasteiger partial charge >= 0.3 is 10.2 Å². The van der Waals surface area contributed by atoms with Gasteiger partial charge in [-0.05, 0) is 12.1 Å². The Morgan fingerprint density at radius 3 is 2.54 bits per heavy atom. The van der Waals surface area contributed by atoms with Crippen molar-refractivity contribution in [2.24, 2.45) is 0 Å². The summed E-state index contributed by atoms with van der Waals surface area (Å²) < 4.78 is 56.9. The van der Waals surface area contributed by atoms with Crippen LogP contribution >= 0.6 is 0 Å². The van der Waals surface area contributed by atoms with Gasteiger partial charge < -0.3 is 10.1 Å². The lowest BCUT2D eigenvalue weighted by Gasteiger charge is -2.10. The first-order valence-corrected chi connectivity index (χ1v) is 10.0. The second-order valence-corrected chi connectivity index (χ2v) is 8.85. The van der Waals surface area contributed by atoms with Gasteiger partial charge in [0.1, 0.15) is 12.1 Å². The van der Waals surface area contributed by atoms with Crippen LogP contribution in [0.15, 0.2) is 35.7 Å². The van der Waals surface area contributed by atoms with Crippen molar-refractivity contribution in [3.63, 3.8) is 0 Å². The van der Waals surface area contributed by atoms with E-state index in [-0.39, 0.29) is 12.3 Å². The van der Waals surface area contributed by atoms with Crippen molar-refractivity contribution < 1.29 is 21.6 Å². The molecule has 1 heterocycles. The molecule has 0 radical (unpaired) electrons. The largest absolute Gasteiger partial charge is 0.496 e. The first kappa shape index (κ1) is 20.0. The zero-order valence-corrected chi connectivity index (χ0v) is 15.9. The van der Waals surface area contributed by atoms with Crippen LogP contribution in [0, 0.1) is 5.41 Å². The Labute approximate surface area is 151 Å². The van der Waals surface area contributed by atoms with Gasteiger partial charge in [0.05, 0.1) is 19.4 Å². The van der Waals surface area contributed by atoms with Crippen molar-refractivity contribution >= 4 is 25.9 Å². The number of rotatable bonds is 8. The summed E-state index contributed by atoms with van der Waals surface area (Å²) in [4.78, 5) is 3.52. The Bertz CT molecular complexity index is 1010. The molecule has 142 valence electrons. The van der Waals surface area contributed by atoms with Gasteiger partial charge in [-0.2, -0.15) is 12.7 Å². The smallest absolute Gasteiger partial charge is 0.323 e. The normalized spacial score (nSPS) is 12.3. The van der Waals surface area contributed by atoms with Crippen LogP contribution in [0.1, 0.15) is 5.56 Å². The van der Waals surface area contributed by atoms with Gasteiger partial charge in [-0.3, -0.25) is 0 Å².